The molecule has 0 saturated heterocycles. The largest absolute Gasteiger partial charge is 0.399 e. The number of anilines is 1. The van der Waals surface area contributed by atoms with E-state index in [2.05, 4.69) is 4.72 Å². The number of rotatable bonds is 6. The summed E-state index contributed by atoms with van der Waals surface area (Å²) in [4.78, 5) is 0. The van der Waals surface area contributed by atoms with Gasteiger partial charge >= 0.3 is 0 Å². The van der Waals surface area contributed by atoms with Crippen LogP contribution in [0, 0.1) is 0 Å². The molecule has 0 fully saturated rings. The third-order valence-corrected chi connectivity index (χ3v) is 5.24. The maximum Gasteiger partial charge on any atom is 0.279 e. The molecule has 130 valence electrons. The van der Waals surface area contributed by atoms with Crippen LogP contribution in [0.1, 0.15) is 12.5 Å². The van der Waals surface area contributed by atoms with Crippen molar-refractivity contribution >= 4 is 15.9 Å². The van der Waals surface area contributed by atoms with E-state index in [0.717, 1.165) is 15.4 Å². The SMILES string of the molecule is CN(C)S(=O)(=O)NCC(C)(F)c1ccc(-c2cccc(N)c2)cc1. The molecule has 5 nitrogen and oxygen atoms in total. The van der Waals surface area contributed by atoms with Gasteiger partial charge in [0.25, 0.3) is 10.2 Å². The van der Waals surface area contributed by atoms with Crippen molar-refractivity contribution in [2.24, 2.45) is 0 Å². The highest BCUT2D eigenvalue weighted by atomic mass is 32.2. The van der Waals surface area contributed by atoms with Gasteiger partial charge in [-0.1, -0.05) is 36.4 Å². The monoisotopic (exact) mass is 351 g/mol. The summed E-state index contributed by atoms with van der Waals surface area (Å²) in [6.07, 6.45) is 0. The van der Waals surface area contributed by atoms with Crippen LogP contribution in [-0.4, -0.2) is 33.4 Å². The van der Waals surface area contributed by atoms with Crippen molar-refractivity contribution < 1.29 is 12.8 Å². The lowest BCUT2D eigenvalue weighted by Gasteiger charge is -2.23. The Balaban J connectivity index is 2.17. The van der Waals surface area contributed by atoms with Crippen molar-refractivity contribution in [3.05, 3.63) is 54.1 Å². The van der Waals surface area contributed by atoms with Gasteiger partial charge in [-0.15, -0.1) is 0 Å². The van der Waals surface area contributed by atoms with Gasteiger partial charge in [0.15, 0.2) is 0 Å². The Kier molecular flexibility index (Phi) is 5.27. The molecule has 24 heavy (non-hydrogen) atoms. The van der Waals surface area contributed by atoms with Crippen LogP contribution in [-0.2, 0) is 15.9 Å². The second-order valence-electron chi connectivity index (χ2n) is 6.01. The molecule has 0 heterocycles. The molecule has 1 atom stereocenters. The Bertz CT molecular complexity index is 803. The number of nitrogens with zero attached hydrogens (tertiary/aromatic N) is 1. The second kappa shape index (κ2) is 6.88. The predicted molar refractivity (Wildman–Crippen MR) is 95.4 cm³/mol. The Hall–Kier alpha value is -1.96. The third-order valence-electron chi connectivity index (χ3n) is 3.77. The molecule has 0 spiro atoms. The van der Waals surface area contributed by atoms with Crippen LogP contribution < -0.4 is 10.5 Å². The third kappa shape index (κ3) is 4.31. The fourth-order valence-corrected chi connectivity index (χ4v) is 2.90. The Morgan fingerprint density at radius 2 is 1.75 bits per heavy atom. The number of hydrogen-bond donors (Lipinski definition) is 2. The van der Waals surface area contributed by atoms with Crippen molar-refractivity contribution in [3.63, 3.8) is 0 Å². The van der Waals surface area contributed by atoms with E-state index in [-0.39, 0.29) is 6.54 Å². The summed E-state index contributed by atoms with van der Waals surface area (Å²) in [6.45, 7) is 1.01. The van der Waals surface area contributed by atoms with Gasteiger partial charge in [-0.3, -0.25) is 0 Å². The molecule has 2 aromatic carbocycles. The Morgan fingerprint density at radius 1 is 1.12 bits per heavy atom. The summed E-state index contributed by atoms with van der Waals surface area (Å²) < 4.78 is 41.5. The highest BCUT2D eigenvalue weighted by Crippen LogP contribution is 2.28. The fourth-order valence-electron chi connectivity index (χ4n) is 2.19. The first-order chi connectivity index (χ1) is 11.1. The van der Waals surface area contributed by atoms with Crippen LogP contribution >= 0.6 is 0 Å². The highest BCUT2D eigenvalue weighted by Gasteiger charge is 2.28. The van der Waals surface area contributed by atoms with Gasteiger partial charge in [0, 0.05) is 26.3 Å². The molecule has 0 radical (unpaired) electrons. The van der Waals surface area contributed by atoms with Crippen LogP contribution in [0.5, 0.6) is 0 Å². The molecule has 0 aliphatic rings. The van der Waals surface area contributed by atoms with Crippen molar-refractivity contribution in [2.45, 2.75) is 12.6 Å². The van der Waals surface area contributed by atoms with Gasteiger partial charge in [0.1, 0.15) is 5.67 Å². The van der Waals surface area contributed by atoms with Gasteiger partial charge in [-0.2, -0.15) is 17.4 Å². The molecule has 7 heteroatoms. The molecule has 0 saturated carbocycles. The zero-order valence-corrected chi connectivity index (χ0v) is 14.8. The molecule has 0 amide bonds. The van der Waals surface area contributed by atoms with Gasteiger partial charge in [0.2, 0.25) is 0 Å². The first kappa shape index (κ1) is 18.4. The van der Waals surface area contributed by atoms with Crippen molar-refractivity contribution in [3.8, 4) is 11.1 Å². The summed E-state index contributed by atoms with van der Waals surface area (Å²) >= 11 is 0. The maximum atomic E-state index is 14.8. The van der Waals surface area contributed by atoms with Crippen LogP contribution in [0.25, 0.3) is 11.1 Å². The van der Waals surface area contributed by atoms with Gasteiger partial charge < -0.3 is 5.73 Å². The quantitative estimate of drug-likeness (QED) is 0.785. The first-order valence-electron chi connectivity index (χ1n) is 7.44. The highest BCUT2D eigenvalue weighted by molar-refractivity contribution is 7.87. The van der Waals surface area contributed by atoms with E-state index in [1.807, 2.05) is 18.2 Å². The second-order valence-corrected chi connectivity index (χ2v) is 7.98. The Labute approximate surface area is 142 Å². The number of hydrogen-bond acceptors (Lipinski definition) is 3. The van der Waals surface area contributed by atoms with E-state index in [0.29, 0.717) is 11.3 Å². The predicted octanol–water partition coefficient (Wildman–Crippen LogP) is 2.52. The van der Waals surface area contributed by atoms with Crippen molar-refractivity contribution in [1.29, 1.82) is 0 Å². The van der Waals surface area contributed by atoms with Crippen LogP contribution in [0.15, 0.2) is 48.5 Å². The standard InChI is InChI=1S/C17H22FN3O2S/c1-17(18,12-20-24(22,23)21(2)3)15-9-7-13(8-10-15)14-5-4-6-16(19)11-14/h4-11,20H,12,19H2,1-3H3. The van der Waals surface area contributed by atoms with Crippen LogP contribution in [0.3, 0.4) is 0 Å². The van der Waals surface area contributed by atoms with Gasteiger partial charge in [0.05, 0.1) is 0 Å². The van der Waals surface area contributed by atoms with E-state index in [4.69, 9.17) is 5.73 Å². The number of benzene rings is 2. The smallest absolute Gasteiger partial charge is 0.279 e. The van der Waals surface area contributed by atoms with E-state index in [9.17, 15) is 12.8 Å². The Morgan fingerprint density at radius 3 is 2.29 bits per heavy atom. The minimum atomic E-state index is -3.67. The number of nitrogens with two attached hydrogens (primary N) is 1. The van der Waals surface area contributed by atoms with E-state index in [1.165, 1.54) is 21.0 Å². The lowest BCUT2D eigenvalue weighted by molar-refractivity contribution is 0.196. The minimum Gasteiger partial charge on any atom is -0.399 e. The molecular weight excluding hydrogens is 329 g/mol. The molecule has 0 aliphatic carbocycles. The molecule has 3 N–H and O–H groups in total. The lowest BCUT2D eigenvalue weighted by Crippen LogP contribution is -2.41. The van der Waals surface area contributed by atoms with Crippen molar-refractivity contribution in [2.75, 3.05) is 26.4 Å². The zero-order chi connectivity index (χ0) is 18.0. The molecule has 2 rings (SSSR count). The summed E-state index contributed by atoms with van der Waals surface area (Å²) in [5, 5.41) is 0. The first-order valence-corrected chi connectivity index (χ1v) is 8.88. The molecule has 2 aromatic rings. The summed E-state index contributed by atoms with van der Waals surface area (Å²) in [5.74, 6) is 0. The average molecular weight is 351 g/mol. The maximum absolute atomic E-state index is 14.8. The summed E-state index contributed by atoms with van der Waals surface area (Å²) in [6, 6.07) is 14.3. The topological polar surface area (TPSA) is 75.4 Å². The normalized spacial score (nSPS) is 14.5. The zero-order valence-electron chi connectivity index (χ0n) is 14.0. The van der Waals surface area contributed by atoms with Gasteiger partial charge in [-0.25, -0.2) is 4.39 Å². The minimum absolute atomic E-state index is 0.342. The fraction of sp³-hybridized carbons (Fsp3) is 0.294. The van der Waals surface area contributed by atoms with E-state index < -0.39 is 15.9 Å². The number of nitrogens with one attached hydrogen (secondary N) is 1. The van der Waals surface area contributed by atoms with Gasteiger partial charge in [-0.05, 0) is 35.7 Å². The summed E-state index contributed by atoms with van der Waals surface area (Å²) in [7, 11) is -0.892. The molecular formula is C17H22FN3O2S. The van der Waals surface area contributed by atoms with E-state index in [1.54, 1.807) is 30.3 Å². The molecule has 1 unspecified atom stereocenters. The molecule has 0 bridgehead atoms. The number of halogens is 1. The summed E-state index contributed by atoms with van der Waals surface area (Å²) in [5.41, 5.74) is 6.86. The average Bonchev–Trinajstić information content (AvgIpc) is 2.53. The van der Waals surface area contributed by atoms with E-state index >= 15 is 0 Å². The lowest BCUT2D eigenvalue weighted by atomic mass is 9.95. The number of nitrogen functional groups attached to an aromatic ring is 1. The van der Waals surface area contributed by atoms with Crippen molar-refractivity contribution in [1.82, 2.24) is 9.03 Å². The number of alkyl halides is 1. The van der Waals surface area contributed by atoms with Crippen LogP contribution in [0.4, 0.5) is 10.1 Å². The van der Waals surface area contributed by atoms with Crippen LogP contribution in [0.2, 0.25) is 0 Å². The molecule has 0 aliphatic heterocycles. The molecule has 0 aromatic heterocycles.